The van der Waals surface area contributed by atoms with Gasteiger partial charge in [0.1, 0.15) is 5.69 Å². The molecule has 9 heteroatoms. The van der Waals surface area contributed by atoms with E-state index < -0.39 is 0 Å². The van der Waals surface area contributed by atoms with E-state index in [0.29, 0.717) is 18.2 Å². The van der Waals surface area contributed by atoms with Crippen molar-refractivity contribution in [2.45, 2.75) is 6.54 Å². The molecule has 1 N–H and O–H groups in total. The van der Waals surface area contributed by atoms with E-state index >= 15 is 0 Å². The highest BCUT2D eigenvalue weighted by Crippen LogP contribution is 2.14. The molecule has 142 valence electrons. The molecule has 0 bridgehead atoms. The van der Waals surface area contributed by atoms with Gasteiger partial charge in [-0.3, -0.25) is 9.78 Å². The van der Waals surface area contributed by atoms with Crippen molar-refractivity contribution in [2.75, 3.05) is 36.0 Å². The number of rotatable bonds is 5. The lowest BCUT2D eigenvalue weighted by atomic mass is 10.3. The maximum absolute atomic E-state index is 12.4. The van der Waals surface area contributed by atoms with Gasteiger partial charge in [0.15, 0.2) is 0 Å². The zero-order valence-corrected chi connectivity index (χ0v) is 15.3. The number of nitrogens with zero attached hydrogens (tertiary/aromatic N) is 7. The van der Waals surface area contributed by atoms with Crippen molar-refractivity contribution in [1.82, 2.24) is 30.2 Å². The maximum Gasteiger partial charge on any atom is 0.270 e. The number of pyridine rings is 1. The predicted octanol–water partition coefficient (Wildman–Crippen LogP) is 0.918. The van der Waals surface area contributed by atoms with Crippen LogP contribution in [-0.2, 0) is 6.54 Å². The fourth-order valence-electron chi connectivity index (χ4n) is 2.96. The smallest absolute Gasteiger partial charge is 0.270 e. The van der Waals surface area contributed by atoms with E-state index in [4.69, 9.17) is 0 Å². The van der Waals surface area contributed by atoms with Crippen LogP contribution in [0.2, 0.25) is 0 Å². The summed E-state index contributed by atoms with van der Waals surface area (Å²) in [6, 6.07) is 7.17. The molecule has 1 amide bonds. The van der Waals surface area contributed by atoms with Crippen LogP contribution in [-0.4, -0.2) is 57.0 Å². The van der Waals surface area contributed by atoms with E-state index in [2.05, 4.69) is 40.0 Å². The standard InChI is InChI=1S/C19H20N8O/c28-17(24-14-15-3-1-5-20-13-15)16-4-8-23-19(25-16)27-11-9-26(10-12-27)18-21-6-2-7-22-18/h1-8,13H,9-12,14H2,(H,24,28). The van der Waals surface area contributed by atoms with Gasteiger partial charge in [0, 0.05) is 63.7 Å². The normalized spacial score (nSPS) is 14.0. The average molecular weight is 376 g/mol. The fraction of sp³-hybridized carbons (Fsp3) is 0.263. The summed E-state index contributed by atoms with van der Waals surface area (Å²) >= 11 is 0. The van der Waals surface area contributed by atoms with Crippen molar-refractivity contribution in [1.29, 1.82) is 0 Å². The highest BCUT2D eigenvalue weighted by molar-refractivity contribution is 5.92. The maximum atomic E-state index is 12.4. The van der Waals surface area contributed by atoms with Gasteiger partial charge in [-0.15, -0.1) is 0 Å². The summed E-state index contributed by atoms with van der Waals surface area (Å²) in [7, 11) is 0. The van der Waals surface area contributed by atoms with Crippen molar-refractivity contribution >= 4 is 17.8 Å². The Hall–Kier alpha value is -3.62. The molecule has 4 rings (SSSR count). The number of carbonyl (C=O) groups is 1. The quantitative estimate of drug-likeness (QED) is 0.702. The third-order valence-corrected chi connectivity index (χ3v) is 4.45. The fourth-order valence-corrected chi connectivity index (χ4v) is 2.96. The Morgan fingerprint density at radius 3 is 2.32 bits per heavy atom. The number of nitrogens with one attached hydrogen (secondary N) is 1. The van der Waals surface area contributed by atoms with Crippen LogP contribution in [0.5, 0.6) is 0 Å². The number of hydrogen-bond acceptors (Lipinski definition) is 8. The Labute approximate surface area is 162 Å². The molecule has 0 unspecified atom stereocenters. The first-order valence-electron chi connectivity index (χ1n) is 9.07. The largest absolute Gasteiger partial charge is 0.347 e. The van der Waals surface area contributed by atoms with Crippen molar-refractivity contribution in [3.63, 3.8) is 0 Å². The molecule has 0 aromatic carbocycles. The summed E-state index contributed by atoms with van der Waals surface area (Å²) < 4.78 is 0. The van der Waals surface area contributed by atoms with Crippen molar-refractivity contribution in [2.24, 2.45) is 0 Å². The molecule has 28 heavy (non-hydrogen) atoms. The molecule has 1 fully saturated rings. The van der Waals surface area contributed by atoms with Crippen LogP contribution in [0, 0.1) is 0 Å². The van der Waals surface area contributed by atoms with Gasteiger partial charge < -0.3 is 15.1 Å². The van der Waals surface area contributed by atoms with Crippen molar-refractivity contribution in [3.05, 3.63) is 66.5 Å². The van der Waals surface area contributed by atoms with E-state index in [0.717, 1.165) is 37.7 Å². The third kappa shape index (κ3) is 4.20. The Kier molecular flexibility index (Phi) is 5.32. The lowest BCUT2D eigenvalue weighted by Crippen LogP contribution is -2.47. The summed E-state index contributed by atoms with van der Waals surface area (Å²) in [5.41, 5.74) is 1.28. The lowest BCUT2D eigenvalue weighted by molar-refractivity contribution is 0.0945. The second-order valence-electron chi connectivity index (χ2n) is 6.31. The second kappa shape index (κ2) is 8.38. The molecule has 0 saturated carbocycles. The van der Waals surface area contributed by atoms with Crippen LogP contribution in [0.4, 0.5) is 11.9 Å². The molecule has 0 spiro atoms. The van der Waals surface area contributed by atoms with Gasteiger partial charge in [0.2, 0.25) is 11.9 Å². The van der Waals surface area contributed by atoms with Gasteiger partial charge in [-0.25, -0.2) is 19.9 Å². The van der Waals surface area contributed by atoms with E-state index in [1.807, 2.05) is 12.1 Å². The van der Waals surface area contributed by atoms with Crippen LogP contribution >= 0.6 is 0 Å². The first-order valence-corrected chi connectivity index (χ1v) is 9.07. The summed E-state index contributed by atoms with van der Waals surface area (Å²) in [5, 5.41) is 2.86. The molecule has 1 aliphatic heterocycles. The number of amides is 1. The van der Waals surface area contributed by atoms with Crippen LogP contribution in [0.15, 0.2) is 55.2 Å². The Balaban J connectivity index is 1.37. The van der Waals surface area contributed by atoms with Gasteiger partial charge >= 0.3 is 0 Å². The molecule has 1 saturated heterocycles. The minimum absolute atomic E-state index is 0.233. The van der Waals surface area contributed by atoms with Gasteiger partial charge in [0.05, 0.1) is 0 Å². The third-order valence-electron chi connectivity index (χ3n) is 4.45. The Bertz CT molecular complexity index is 913. The van der Waals surface area contributed by atoms with Gasteiger partial charge in [-0.2, -0.15) is 0 Å². The summed E-state index contributed by atoms with van der Waals surface area (Å²) in [6.45, 7) is 3.41. The van der Waals surface area contributed by atoms with Crippen LogP contribution in [0.3, 0.4) is 0 Å². The molecule has 0 atom stereocenters. The number of piperazine rings is 1. The number of carbonyl (C=O) groups excluding carboxylic acids is 1. The van der Waals surface area contributed by atoms with Crippen molar-refractivity contribution < 1.29 is 4.79 Å². The Morgan fingerprint density at radius 1 is 0.893 bits per heavy atom. The second-order valence-corrected chi connectivity index (χ2v) is 6.31. The lowest BCUT2D eigenvalue weighted by Gasteiger charge is -2.34. The van der Waals surface area contributed by atoms with Crippen LogP contribution in [0.25, 0.3) is 0 Å². The van der Waals surface area contributed by atoms with E-state index in [1.165, 1.54) is 0 Å². The molecule has 0 aliphatic carbocycles. The van der Waals surface area contributed by atoms with Crippen molar-refractivity contribution in [3.8, 4) is 0 Å². The predicted molar refractivity (Wildman–Crippen MR) is 104 cm³/mol. The van der Waals surface area contributed by atoms with E-state index in [-0.39, 0.29) is 5.91 Å². The highest BCUT2D eigenvalue weighted by atomic mass is 16.1. The van der Waals surface area contributed by atoms with Gasteiger partial charge in [0.25, 0.3) is 5.91 Å². The van der Waals surface area contributed by atoms with Gasteiger partial charge in [-0.1, -0.05) is 6.07 Å². The first kappa shape index (κ1) is 17.8. The molecule has 9 nitrogen and oxygen atoms in total. The van der Waals surface area contributed by atoms with E-state index in [1.54, 1.807) is 43.1 Å². The topological polar surface area (TPSA) is 100 Å². The molecular formula is C19H20N8O. The molecule has 1 aliphatic rings. The van der Waals surface area contributed by atoms with Gasteiger partial charge in [-0.05, 0) is 23.8 Å². The average Bonchev–Trinajstić information content (AvgIpc) is 2.79. The summed E-state index contributed by atoms with van der Waals surface area (Å²) in [6.07, 6.45) is 8.53. The zero-order chi connectivity index (χ0) is 19.2. The number of aromatic nitrogens is 5. The highest BCUT2D eigenvalue weighted by Gasteiger charge is 2.21. The molecule has 0 radical (unpaired) electrons. The minimum atomic E-state index is -0.233. The number of anilines is 2. The number of hydrogen-bond donors (Lipinski definition) is 1. The summed E-state index contributed by atoms with van der Waals surface area (Å²) in [5.74, 6) is 1.05. The molecule has 3 aromatic rings. The van der Waals surface area contributed by atoms with E-state index in [9.17, 15) is 4.79 Å². The minimum Gasteiger partial charge on any atom is -0.347 e. The molecule has 3 aromatic heterocycles. The Morgan fingerprint density at radius 2 is 1.61 bits per heavy atom. The SMILES string of the molecule is O=C(NCc1cccnc1)c1ccnc(N2CCN(c3ncccn3)CC2)n1. The van der Waals surface area contributed by atoms with Crippen LogP contribution in [0.1, 0.15) is 16.1 Å². The monoisotopic (exact) mass is 376 g/mol. The van der Waals surface area contributed by atoms with Crippen LogP contribution < -0.4 is 15.1 Å². The molecular weight excluding hydrogens is 356 g/mol. The summed E-state index contributed by atoms with van der Waals surface area (Å²) in [4.78, 5) is 38.0. The zero-order valence-electron chi connectivity index (χ0n) is 15.3. The first-order chi connectivity index (χ1) is 13.8. The molecule has 4 heterocycles.